The van der Waals surface area contributed by atoms with Gasteiger partial charge in [0.25, 0.3) is 5.22 Å². The van der Waals surface area contributed by atoms with Gasteiger partial charge in [0.1, 0.15) is 17.3 Å². The molecule has 0 radical (unpaired) electrons. The Bertz CT molecular complexity index is 545. The van der Waals surface area contributed by atoms with Crippen LogP contribution in [-0.2, 0) is 0 Å². The van der Waals surface area contributed by atoms with Crippen molar-refractivity contribution in [2.24, 2.45) is 5.73 Å². The molecule has 0 saturated carbocycles. The summed E-state index contributed by atoms with van der Waals surface area (Å²) in [6.07, 6.45) is 1.60. The van der Waals surface area contributed by atoms with Crippen LogP contribution in [-0.4, -0.2) is 15.8 Å². The number of nitrogens with zero attached hydrogens (tertiary/aromatic N) is 2. The minimum Gasteiger partial charge on any atom is -0.436 e. The highest BCUT2D eigenvalue weighted by Crippen LogP contribution is 2.29. The molecule has 17 heavy (non-hydrogen) atoms. The van der Waals surface area contributed by atoms with Crippen molar-refractivity contribution in [1.29, 1.82) is 5.41 Å². The smallest absolute Gasteiger partial charge is 0.261 e. The van der Waals surface area contributed by atoms with Crippen LogP contribution in [0.15, 0.2) is 32.9 Å². The molecule has 0 spiro atoms. The van der Waals surface area contributed by atoms with Gasteiger partial charge in [-0.15, -0.1) is 0 Å². The molecule has 0 amide bonds. The third-order valence-corrected chi connectivity index (χ3v) is 3.13. The van der Waals surface area contributed by atoms with E-state index in [1.165, 1.54) is 11.8 Å². The van der Waals surface area contributed by atoms with Crippen LogP contribution < -0.4 is 5.73 Å². The number of nitrogen functional groups attached to an aromatic ring is 1. The largest absolute Gasteiger partial charge is 0.436 e. The molecule has 0 bridgehead atoms. The third kappa shape index (κ3) is 2.47. The van der Waals surface area contributed by atoms with Crippen LogP contribution in [0.5, 0.6) is 0 Å². The molecule has 0 unspecified atom stereocenters. The van der Waals surface area contributed by atoms with E-state index in [0.29, 0.717) is 10.9 Å². The van der Waals surface area contributed by atoms with Gasteiger partial charge >= 0.3 is 0 Å². The Balaban J connectivity index is 2.33. The maximum atomic E-state index is 7.44. The van der Waals surface area contributed by atoms with Gasteiger partial charge in [-0.1, -0.05) is 0 Å². The quantitative estimate of drug-likeness (QED) is 0.641. The van der Waals surface area contributed by atoms with E-state index in [2.05, 4.69) is 9.97 Å². The SMILES string of the molecule is Cc1nc(Sc2cccnc2C(=N)N)oc1C. The van der Waals surface area contributed by atoms with Crippen molar-refractivity contribution in [3.63, 3.8) is 0 Å². The van der Waals surface area contributed by atoms with Crippen LogP contribution in [0.2, 0.25) is 0 Å². The summed E-state index contributed by atoms with van der Waals surface area (Å²) in [5, 5.41) is 7.98. The van der Waals surface area contributed by atoms with E-state index < -0.39 is 0 Å². The first-order valence-corrected chi connectivity index (χ1v) is 5.81. The molecular weight excluding hydrogens is 236 g/mol. The number of nitrogens with two attached hydrogens (primary N) is 1. The zero-order valence-corrected chi connectivity index (χ0v) is 10.3. The highest BCUT2D eigenvalue weighted by molar-refractivity contribution is 7.99. The van der Waals surface area contributed by atoms with Crippen molar-refractivity contribution in [1.82, 2.24) is 9.97 Å². The molecule has 88 valence electrons. The van der Waals surface area contributed by atoms with Gasteiger partial charge < -0.3 is 10.2 Å². The summed E-state index contributed by atoms with van der Waals surface area (Å²) in [5.74, 6) is 0.730. The fourth-order valence-electron chi connectivity index (χ4n) is 1.26. The summed E-state index contributed by atoms with van der Waals surface area (Å²) in [7, 11) is 0. The maximum absolute atomic E-state index is 7.44. The van der Waals surface area contributed by atoms with E-state index in [1.54, 1.807) is 12.3 Å². The fourth-order valence-corrected chi connectivity index (χ4v) is 2.20. The second-order valence-electron chi connectivity index (χ2n) is 3.49. The lowest BCUT2D eigenvalue weighted by Gasteiger charge is -2.03. The minimum absolute atomic E-state index is 0.0619. The average Bonchev–Trinajstić information content (AvgIpc) is 2.58. The van der Waals surface area contributed by atoms with Crippen molar-refractivity contribution in [2.45, 2.75) is 24.0 Å². The van der Waals surface area contributed by atoms with Crippen LogP contribution in [0.25, 0.3) is 0 Å². The zero-order valence-electron chi connectivity index (χ0n) is 9.52. The van der Waals surface area contributed by atoms with Crippen LogP contribution >= 0.6 is 11.8 Å². The van der Waals surface area contributed by atoms with E-state index in [0.717, 1.165) is 16.3 Å². The van der Waals surface area contributed by atoms with Crippen LogP contribution in [0, 0.1) is 19.3 Å². The lowest BCUT2D eigenvalue weighted by Crippen LogP contribution is -2.14. The van der Waals surface area contributed by atoms with Gasteiger partial charge in [0, 0.05) is 11.1 Å². The number of rotatable bonds is 3. The summed E-state index contributed by atoms with van der Waals surface area (Å²) >= 11 is 1.32. The van der Waals surface area contributed by atoms with Crippen molar-refractivity contribution in [3.05, 3.63) is 35.5 Å². The predicted octanol–water partition coefficient (Wildman–Crippen LogP) is 2.12. The Labute approximate surface area is 103 Å². The van der Waals surface area contributed by atoms with Crippen LogP contribution in [0.4, 0.5) is 0 Å². The first-order chi connectivity index (χ1) is 8.08. The summed E-state index contributed by atoms with van der Waals surface area (Å²) in [5.41, 5.74) is 6.77. The standard InChI is InChI=1S/C11H12N4OS/c1-6-7(2)16-11(15-6)17-8-4-3-5-14-9(8)10(12)13/h3-5H,1-2H3,(H3,12,13). The van der Waals surface area contributed by atoms with Gasteiger partial charge in [-0.3, -0.25) is 10.4 Å². The molecule has 2 aromatic heterocycles. The molecule has 0 atom stereocenters. The minimum atomic E-state index is -0.0619. The predicted molar refractivity (Wildman–Crippen MR) is 65.4 cm³/mol. The third-order valence-electron chi connectivity index (χ3n) is 2.23. The molecule has 0 aliphatic rings. The summed E-state index contributed by atoms with van der Waals surface area (Å²) in [6, 6.07) is 3.63. The van der Waals surface area contributed by atoms with Gasteiger partial charge in [-0.2, -0.15) is 0 Å². The lowest BCUT2D eigenvalue weighted by molar-refractivity contribution is 0.431. The molecule has 0 aliphatic carbocycles. The normalized spacial score (nSPS) is 10.5. The molecule has 2 rings (SSSR count). The van der Waals surface area contributed by atoms with Crippen LogP contribution in [0.1, 0.15) is 17.1 Å². The molecule has 0 saturated heterocycles. The average molecular weight is 248 g/mol. The number of oxazole rings is 1. The number of aromatic nitrogens is 2. The maximum Gasteiger partial charge on any atom is 0.261 e. The number of nitrogens with one attached hydrogen (secondary N) is 1. The number of hydrogen-bond donors (Lipinski definition) is 2. The second kappa shape index (κ2) is 4.58. The van der Waals surface area contributed by atoms with Crippen molar-refractivity contribution >= 4 is 17.6 Å². The molecular formula is C11H12N4OS. The summed E-state index contributed by atoms with van der Waals surface area (Å²) < 4.78 is 5.47. The monoisotopic (exact) mass is 248 g/mol. The number of pyridine rings is 1. The fraction of sp³-hybridized carbons (Fsp3) is 0.182. The number of hydrogen-bond acceptors (Lipinski definition) is 5. The van der Waals surface area contributed by atoms with Crippen molar-refractivity contribution < 1.29 is 4.42 Å². The van der Waals surface area contributed by atoms with E-state index >= 15 is 0 Å². The molecule has 2 heterocycles. The van der Waals surface area contributed by atoms with Gasteiger partial charge in [-0.05, 0) is 37.7 Å². The second-order valence-corrected chi connectivity index (χ2v) is 4.48. The molecule has 0 aliphatic heterocycles. The molecule has 0 aromatic carbocycles. The van der Waals surface area contributed by atoms with E-state index in [-0.39, 0.29) is 5.84 Å². The van der Waals surface area contributed by atoms with Gasteiger partial charge in [-0.25, -0.2) is 4.98 Å². The topological polar surface area (TPSA) is 88.8 Å². The van der Waals surface area contributed by atoms with Crippen molar-refractivity contribution in [3.8, 4) is 0 Å². The van der Waals surface area contributed by atoms with Gasteiger partial charge in [0.05, 0.1) is 5.69 Å². The molecule has 0 fully saturated rings. The van der Waals surface area contributed by atoms with Crippen molar-refractivity contribution in [2.75, 3.05) is 0 Å². The highest BCUT2D eigenvalue weighted by Gasteiger charge is 2.12. The first-order valence-electron chi connectivity index (χ1n) is 4.99. The Morgan fingerprint density at radius 1 is 1.47 bits per heavy atom. The molecule has 5 nitrogen and oxygen atoms in total. The summed E-state index contributed by atoms with van der Waals surface area (Å²) in [6.45, 7) is 3.75. The molecule has 2 aromatic rings. The van der Waals surface area contributed by atoms with Gasteiger partial charge in [0.2, 0.25) is 0 Å². The van der Waals surface area contributed by atoms with E-state index in [9.17, 15) is 0 Å². The molecule has 6 heteroatoms. The Hall–Kier alpha value is -1.82. The Morgan fingerprint density at radius 3 is 2.82 bits per heavy atom. The van der Waals surface area contributed by atoms with E-state index in [4.69, 9.17) is 15.6 Å². The number of amidine groups is 1. The van der Waals surface area contributed by atoms with Crippen LogP contribution in [0.3, 0.4) is 0 Å². The summed E-state index contributed by atoms with van der Waals surface area (Å²) in [4.78, 5) is 9.09. The number of aryl methyl sites for hydroxylation is 2. The Kier molecular flexibility index (Phi) is 3.14. The van der Waals surface area contributed by atoms with Gasteiger partial charge in [0.15, 0.2) is 0 Å². The Morgan fingerprint density at radius 2 is 2.24 bits per heavy atom. The highest BCUT2D eigenvalue weighted by atomic mass is 32.2. The first kappa shape index (κ1) is 11.7. The lowest BCUT2D eigenvalue weighted by atomic mass is 10.3. The van der Waals surface area contributed by atoms with E-state index in [1.807, 2.05) is 19.9 Å². The molecule has 3 N–H and O–H groups in total. The zero-order chi connectivity index (χ0) is 12.4.